The van der Waals surface area contributed by atoms with Crippen LogP contribution < -0.4 is 0 Å². The van der Waals surface area contributed by atoms with Crippen LogP contribution in [0.15, 0.2) is 0 Å². The molecule has 0 aliphatic rings. The molecule has 160 valence electrons. The van der Waals surface area contributed by atoms with E-state index in [4.69, 9.17) is 0 Å². The summed E-state index contributed by atoms with van der Waals surface area (Å²) in [7, 11) is 0. The lowest BCUT2D eigenvalue weighted by Crippen LogP contribution is -2.20. The molecule has 0 aliphatic heterocycles. The summed E-state index contributed by atoms with van der Waals surface area (Å²) in [6, 6.07) is 0. The van der Waals surface area contributed by atoms with Crippen molar-refractivity contribution in [2.75, 3.05) is 0 Å². The molecule has 3 unspecified atom stereocenters. The molecule has 0 aromatic heterocycles. The highest BCUT2D eigenvalue weighted by Crippen LogP contribution is 2.32. The minimum Gasteiger partial charge on any atom is -0.0776 e. The quantitative estimate of drug-likeness (QED) is 0.363. The van der Waals surface area contributed by atoms with Gasteiger partial charge < -0.3 is 0 Å². The standard InChI is InChI=1S/C17H36.C3H8.2C2H6.CH4/c1-7-11-12-16(8-2)13-14(5)15(6)17(9-3)10-4;1-3-2;2*1-2;/h14-17H,7-13H2,1-6H3;3H2,1-2H3;2*1-2H3;1H4. The van der Waals surface area contributed by atoms with Gasteiger partial charge in [0.2, 0.25) is 0 Å². The van der Waals surface area contributed by atoms with E-state index in [1.165, 1.54) is 51.4 Å². The minimum atomic E-state index is 0. The Morgan fingerprint density at radius 3 is 1.36 bits per heavy atom. The zero-order valence-corrected chi connectivity index (χ0v) is 20.0. The first-order valence-electron chi connectivity index (χ1n) is 11.5. The summed E-state index contributed by atoms with van der Waals surface area (Å²) >= 11 is 0. The lowest BCUT2D eigenvalue weighted by molar-refractivity contribution is 0.206. The summed E-state index contributed by atoms with van der Waals surface area (Å²) in [6.45, 7) is 26.6. The molecule has 25 heavy (non-hydrogen) atoms. The fourth-order valence-electron chi connectivity index (χ4n) is 3.22. The van der Waals surface area contributed by atoms with E-state index in [2.05, 4.69) is 55.4 Å². The average molecular weight is 361 g/mol. The van der Waals surface area contributed by atoms with Gasteiger partial charge in [0, 0.05) is 0 Å². The second kappa shape index (κ2) is 31.7. The zero-order chi connectivity index (χ0) is 20.0. The van der Waals surface area contributed by atoms with E-state index >= 15 is 0 Å². The maximum Gasteiger partial charge on any atom is -0.0389 e. The largest absolute Gasteiger partial charge is 0.0776 e. The second-order valence-electron chi connectivity index (χ2n) is 6.77. The Balaban J connectivity index is -0.000000145. The molecule has 0 spiro atoms. The van der Waals surface area contributed by atoms with E-state index in [1.54, 1.807) is 0 Å². The molecule has 0 aromatic carbocycles. The molecule has 3 atom stereocenters. The van der Waals surface area contributed by atoms with Gasteiger partial charge in [0.05, 0.1) is 0 Å². The van der Waals surface area contributed by atoms with E-state index in [1.807, 2.05) is 27.7 Å². The zero-order valence-electron chi connectivity index (χ0n) is 20.0. The molecule has 0 saturated carbocycles. The van der Waals surface area contributed by atoms with Crippen molar-refractivity contribution in [3.05, 3.63) is 0 Å². The van der Waals surface area contributed by atoms with Crippen LogP contribution in [0.5, 0.6) is 0 Å². The van der Waals surface area contributed by atoms with Crippen LogP contribution in [0.3, 0.4) is 0 Å². The smallest absolute Gasteiger partial charge is 0.0389 e. The van der Waals surface area contributed by atoms with Crippen LogP contribution >= 0.6 is 0 Å². The third-order valence-corrected chi connectivity index (χ3v) is 4.94. The van der Waals surface area contributed by atoms with Crippen molar-refractivity contribution < 1.29 is 0 Å². The van der Waals surface area contributed by atoms with Crippen molar-refractivity contribution in [1.82, 2.24) is 0 Å². The van der Waals surface area contributed by atoms with Crippen LogP contribution in [0.2, 0.25) is 0 Å². The fourth-order valence-corrected chi connectivity index (χ4v) is 3.22. The minimum absolute atomic E-state index is 0. The molecule has 0 nitrogen and oxygen atoms in total. The molecule has 0 radical (unpaired) electrons. The molecule has 0 heteroatoms. The third kappa shape index (κ3) is 24.0. The van der Waals surface area contributed by atoms with E-state index in [0.717, 1.165) is 23.7 Å². The lowest BCUT2D eigenvalue weighted by atomic mass is 9.76. The van der Waals surface area contributed by atoms with Crippen LogP contribution in [-0.4, -0.2) is 0 Å². The summed E-state index contributed by atoms with van der Waals surface area (Å²) in [5, 5.41) is 0. The van der Waals surface area contributed by atoms with Crippen molar-refractivity contribution in [3.63, 3.8) is 0 Å². The van der Waals surface area contributed by atoms with Crippen molar-refractivity contribution in [2.45, 2.75) is 142 Å². The molecule has 0 fully saturated rings. The number of rotatable bonds is 10. The van der Waals surface area contributed by atoms with E-state index in [9.17, 15) is 0 Å². The summed E-state index contributed by atoms with van der Waals surface area (Å²) < 4.78 is 0. The van der Waals surface area contributed by atoms with Crippen LogP contribution in [0.4, 0.5) is 0 Å². The van der Waals surface area contributed by atoms with Crippen molar-refractivity contribution in [2.24, 2.45) is 23.7 Å². The SMILES string of the molecule is C.CC.CC.CCC.CCCCC(CC)CC(C)C(C)C(CC)CC. The molecule has 0 amide bonds. The van der Waals surface area contributed by atoms with Gasteiger partial charge in [0.15, 0.2) is 0 Å². The highest BCUT2D eigenvalue weighted by atomic mass is 14.3. The molecule has 0 heterocycles. The van der Waals surface area contributed by atoms with Gasteiger partial charge in [-0.1, -0.05) is 135 Å². The Morgan fingerprint density at radius 1 is 0.680 bits per heavy atom. The molecule has 0 saturated heterocycles. The number of hydrogen-bond acceptors (Lipinski definition) is 0. The monoisotopic (exact) mass is 360 g/mol. The first-order chi connectivity index (χ1) is 11.5. The maximum atomic E-state index is 2.48. The van der Waals surface area contributed by atoms with E-state index in [0.29, 0.717) is 0 Å². The second-order valence-corrected chi connectivity index (χ2v) is 6.77. The van der Waals surface area contributed by atoms with Gasteiger partial charge in [0.1, 0.15) is 0 Å². The maximum absolute atomic E-state index is 2.48. The van der Waals surface area contributed by atoms with Gasteiger partial charge >= 0.3 is 0 Å². The molecule has 0 bridgehead atoms. The van der Waals surface area contributed by atoms with Gasteiger partial charge in [0.25, 0.3) is 0 Å². The predicted molar refractivity (Wildman–Crippen MR) is 126 cm³/mol. The Bertz CT molecular complexity index is 169. The van der Waals surface area contributed by atoms with Crippen LogP contribution in [0.1, 0.15) is 142 Å². The topological polar surface area (TPSA) is 0 Å². The van der Waals surface area contributed by atoms with Crippen molar-refractivity contribution >= 4 is 0 Å². The van der Waals surface area contributed by atoms with Crippen LogP contribution in [0, 0.1) is 23.7 Å². The summed E-state index contributed by atoms with van der Waals surface area (Å²) in [4.78, 5) is 0. The number of unbranched alkanes of at least 4 members (excludes halogenated alkanes) is 1. The van der Waals surface area contributed by atoms with Crippen molar-refractivity contribution in [1.29, 1.82) is 0 Å². The predicted octanol–water partition coefficient (Wildman–Crippen LogP) is 10.4. The molecule has 0 N–H and O–H groups in total. The van der Waals surface area contributed by atoms with Gasteiger partial charge in [-0.05, 0) is 30.1 Å². The van der Waals surface area contributed by atoms with Crippen molar-refractivity contribution in [3.8, 4) is 0 Å². The first-order valence-corrected chi connectivity index (χ1v) is 11.5. The molecule has 0 aromatic rings. The Hall–Kier alpha value is 0. The molecular weight excluding hydrogens is 300 g/mol. The number of hydrogen-bond donors (Lipinski definition) is 0. The highest BCUT2D eigenvalue weighted by molar-refractivity contribution is 4.72. The molecule has 0 aliphatic carbocycles. The third-order valence-electron chi connectivity index (χ3n) is 4.94. The summed E-state index contributed by atoms with van der Waals surface area (Å²) in [6.07, 6.45) is 11.0. The van der Waals surface area contributed by atoms with Gasteiger partial charge in [-0.2, -0.15) is 0 Å². The van der Waals surface area contributed by atoms with Crippen LogP contribution in [0.25, 0.3) is 0 Å². The molecule has 0 rings (SSSR count). The summed E-state index contributed by atoms with van der Waals surface area (Å²) in [5.74, 6) is 3.72. The normalized spacial score (nSPS) is 12.8. The molecular formula is C25H60. The van der Waals surface area contributed by atoms with E-state index in [-0.39, 0.29) is 7.43 Å². The Morgan fingerprint density at radius 2 is 1.08 bits per heavy atom. The average Bonchev–Trinajstić information content (AvgIpc) is 2.63. The lowest BCUT2D eigenvalue weighted by Gasteiger charge is -2.30. The van der Waals surface area contributed by atoms with Gasteiger partial charge in [-0.3, -0.25) is 0 Å². The van der Waals surface area contributed by atoms with E-state index < -0.39 is 0 Å². The van der Waals surface area contributed by atoms with Gasteiger partial charge in [-0.25, -0.2) is 0 Å². The first kappa shape index (κ1) is 36.0. The Kier molecular flexibility index (Phi) is 45.7. The highest BCUT2D eigenvalue weighted by Gasteiger charge is 2.22. The summed E-state index contributed by atoms with van der Waals surface area (Å²) in [5.41, 5.74) is 0. The fraction of sp³-hybridized carbons (Fsp3) is 1.00. The Labute approximate surface area is 166 Å². The van der Waals surface area contributed by atoms with Gasteiger partial charge in [-0.15, -0.1) is 0 Å². The van der Waals surface area contributed by atoms with Crippen LogP contribution in [-0.2, 0) is 0 Å².